The van der Waals surface area contributed by atoms with Crippen molar-refractivity contribution < 1.29 is 28.2 Å². The van der Waals surface area contributed by atoms with E-state index in [2.05, 4.69) is 15.3 Å². The summed E-state index contributed by atoms with van der Waals surface area (Å²) in [6.45, 7) is -0.566. The SMILES string of the molecule is CS(=O)(=O)c1ccc([C@@H](CC2CCCC2)C(=O)Nc2cnc(OC[C@H](O)CO)cn2)cc1Cl. The average molecular weight is 498 g/mol. The second-order valence-electron chi connectivity index (χ2n) is 8.28. The fraction of sp³-hybridized carbons (Fsp3) is 0.500. The van der Waals surface area contributed by atoms with E-state index in [-0.39, 0.29) is 34.1 Å². The summed E-state index contributed by atoms with van der Waals surface area (Å²) in [5.74, 6) is -0.0502. The van der Waals surface area contributed by atoms with E-state index in [1.165, 1.54) is 18.5 Å². The van der Waals surface area contributed by atoms with Gasteiger partial charge in [-0.25, -0.2) is 18.4 Å². The monoisotopic (exact) mass is 497 g/mol. The Labute approximate surface area is 198 Å². The van der Waals surface area contributed by atoms with Gasteiger partial charge in [-0.15, -0.1) is 0 Å². The molecule has 1 aliphatic carbocycles. The zero-order valence-corrected chi connectivity index (χ0v) is 19.8. The first kappa shape index (κ1) is 25.4. The summed E-state index contributed by atoms with van der Waals surface area (Å²) in [4.78, 5) is 21.4. The van der Waals surface area contributed by atoms with Gasteiger partial charge in [0.15, 0.2) is 15.7 Å². The van der Waals surface area contributed by atoms with Crippen LogP contribution in [0, 0.1) is 5.92 Å². The fourth-order valence-corrected chi connectivity index (χ4v) is 5.25. The van der Waals surface area contributed by atoms with Crippen LogP contribution in [0.5, 0.6) is 5.88 Å². The molecule has 0 unspecified atom stereocenters. The Hall–Kier alpha value is -2.27. The second kappa shape index (κ2) is 11.2. The van der Waals surface area contributed by atoms with Gasteiger partial charge >= 0.3 is 0 Å². The number of aliphatic hydroxyl groups is 2. The number of anilines is 1. The van der Waals surface area contributed by atoms with E-state index in [1.54, 1.807) is 12.1 Å². The highest BCUT2D eigenvalue weighted by atomic mass is 35.5. The molecule has 2 atom stereocenters. The van der Waals surface area contributed by atoms with Crippen LogP contribution in [0.25, 0.3) is 0 Å². The lowest BCUT2D eigenvalue weighted by atomic mass is 9.87. The first-order chi connectivity index (χ1) is 15.7. The summed E-state index contributed by atoms with van der Waals surface area (Å²) < 4.78 is 29.0. The van der Waals surface area contributed by atoms with Crippen molar-refractivity contribution in [3.05, 3.63) is 41.2 Å². The summed E-state index contributed by atoms with van der Waals surface area (Å²) in [5, 5.41) is 21.0. The average Bonchev–Trinajstić information content (AvgIpc) is 3.29. The lowest BCUT2D eigenvalue weighted by Crippen LogP contribution is -2.24. The minimum atomic E-state index is -3.48. The molecule has 0 bridgehead atoms. The third kappa shape index (κ3) is 7.10. The zero-order chi connectivity index (χ0) is 24.0. The highest BCUT2D eigenvalue weighted by molar-refractivity contribution is 7.90. The second-order valence-corrected chi connectivity index (χ2v) is 10.7. The van der Waals surface area contributed by atoms with Crippen LogP contribution in [0.2, 0.25) is 5.02 Å². The quantitative estimate of drug-likeness (QED) is 0.455. The third-order valence-electron chi connectivity index (χ3n) is 5.63. The fourth-order valence-electron chi connectivity index (χ4n) is 3.91. The van der Waals surface area contributed by atoms with Crippen molar-refractivity contribution in [1.82, 2.24) is 9.97 Å². The maximum atomic E-state index is 13.2. The molecule has 0 radical (unpaired) electrons. The van der Waals surface area contributed by atoms with Gasteiger partial charge in [-0.2, -0.15) is 0 Å². The lowest BCUT2D eigenvalue weighted by Gasteiger charge is -2.21. The van der Waals surface area contributed by atoms with Crippen LogP contribution in [-0.4, -0.2) is 60.1 Å². The summed E-state index contributed by atoms with van der Waals surface area (Å²) in [6, 6.07) is 4.62. The van der Waals surface area contributed by atoms with Crippen LogP contribution in [0.1, 0.15) is 43.6 Å². The molecule has 1 amide bonds. The number of benzene rings is 1. The van der Waals surface area contributed by atoms with Gasteiger partial charge in [0.25, 0.3) is 0 Å². The summed E-state index contributed by atoms with van der Waals surface area (Å²) in [6.07, 6.45) is 7.68. The van der Waals surface area contributed by atoms with E-state index in [0.717, 1.165) is 31.9 Å². The predicted octanol–water partition coefficient (Wildman–Crippen LogP) is 2.57. The Balaban J connectivity index is 1.76. The van der Waals surface area contributed by atoms with Gasteiger partial charge in [0.1, 0.15) is 12.7 Å². The molecule has 3 rings (SSSR count). The van der Waals surface area contributed by atoms with E-state index < -0.39 is 28.5 Å². The van der Waals surface area contributed by atoms with Crippen molar-refractivity contribution in [2.24, 2.45) is 5.92 Å². The number of hydrogen-bond acceptors (Lipinski definition) is 8. The summed E-state index contributed by atoms with van der Waals surface area (Å²) >= 11 is 6.24. The number of aliphatic hydroxyl groups excluding tert-OH is 2. The van der Waals surface area contributed by atoms with Crippen LogP contribution in [-0.2, 0) is 14.6 Å². The molecule has 0 saturated heterocycles. The van der Waals surface area contributed by atoms with Gasteiger partial charge < -0.3 is 20.3 Å². The van der Waals surface area contributed by atoms with E-state index in [4.69, 9.17) is 21.4 Å². The minimum Gasteiger partial charge on any atom is -0.474 e. The normalized spacial score (nSPS) is 16.4. The Morgan fingerprint density at radius 2 is 2.00 bits per heavy atom. The largest absolute Gasteiger partial charge is 0.474 e. The molecule has 1 aromatic heterocycles. The Kier molecular flexibility index (Phi) is 8.63. The molecule has 1 fully saturated rings. The third-order valence-corrected chi connectivity index (χ3v) is 7.21. The number of ether oxygens (including phenoxy) is 1. The van der Waals surface area contributed by atoms with Crippen LogP contribution < -0.4 is 10.1 Å². The van der Waals surface area contributed by atoms with Crippen LogP contribution in [0.4, 0.5) is 5.82 Å². The number of hydrogen-bond donors (Lipinski definition) is 3. The smallest absolute Gasteiger partial charge is 0.233 e. The molecule has 180 valence electrons. The molecule has 11 heteroatoms. The number of nitrogens with zero attached hydrogens (tertiary/aromatic N) is 2. The molecule has 1 heterocycles. The van der Waals surface area contributed by atoms with Gasteiger partial charge in [-0.3, -0.25) is 4.79 Å². The predicted molar refractivity (Wildman–Crippen MR) is 123 cm³/mol. The van der Waals surface area contributed by atoms with E-state index >= 15 is 0 Å². The highest BCUT2D eigenvalue weighted by Crippen LogP contribution is 2.36. The maximum absolute atomic E-state index is 13.2. The van der Waals surface area contributed by atoms with E-state index in [1.807, 2.05) is 0 Å². The number of carbonyl (C=O) groups is 1. The number of nitrogens with one attached hydrogen (secondary N) is 1. The first-order valence-electron chi connectivity index (χ1n) is 10.7. The number of sulfone groups is 1. The maximum Gasteiger partial charge on any atom is 0.233 e. The standard InChI is InChI=1S/C22H28ClN3O6S/c1-33(30,31)19-7-6-15(9-18(19)23)17(8-14-4-2-3-5-14)22(29)26-20-10-25-21(11-24-20)32-13-16(28)12-27/h6-7,9-11,14,16-17,27-28H,2-5,8,12-13H2,1H3,(H,24,26,29)/t16-,17-/m1/s1. The number of halogens is 1. The summed E-state index contributed by atoms with van der Waals surface area (Å²) in [5.41, 5.74) is 0.641. The number of aromatic nitrogens is 2. The van der Waals surface area contributed by atoms with Crippen molar-refractivity contribution in [1.29, 1.82) is 0 Å². The van der Waals surface area contributed by atoms with Crippen LogP contribution >= 0.6 is 11.6 Å². The highest BCUT2D eigenvalue weighted by Gasteiger charge is 2.28. The van der Waals surface area contributed by atoms with Gasteiger partial charge in [-0.05, 0) is 30.0 Å². The minimum absolute atomic E-state index is 0.0284. The molecule has 1 saturated carbocycles. The van der Waals surface area contributed by atoms with Gasteiger partial charge in [0.05, 0.1) is 34.8 Å². The molecule has 33 heavy (non-hydrogen) atoms. The number of rotatable bonds is 10. The Bertz CT molecular complexity index is 1060. The van der Waals surface area contributed by atoms with Gasteiger partial charge in [-0.1, -0.05) is 43.4 Å². The molecular weight excluding hydrogens is 470 g/mol. The molecular formula is C22H28ClN3O6S. The molecule has 0 aliphatic heterocycles. The van der Waals surface area contributed by atoms with Gasteiger partial charge in [0.2, 0.25) is 11.8 Å². The number of amides is 1. The number of carbonyl (C=O) groups excluding carboxylic acids is 1. The van der Waals surface area contributed by atoms with Crippen molar-refractivity contribution in [3.8, 4) is 5.88 Å². The molecule has 1 aliphatic rings. The van der Waals surface area contributed by atoms with Crippen molar-refractivity contribution in [2.75, 3.05) is 24.8 Å². The molecule has 3 N–H and O–H groups in total. The Morgan fingerprint density at radius 3 is 2.58 bits per heavy atom. The first-order valence-corrected chi connectivity index (χ1v) is 13.0. The zero-order valence-electron chi connectivity index (χ0n) is 18.3. The van der Waals surface area contributed by atoms with E-state index in [0.29, 0.717) is 17.9 Å². The van der Waals surface area contributed by atoms with Gasteiger partial charge in [0, 0.05) is 6.26 Å². The van der Waals surface area contributed by atoms with Crippen molar-refractivity contribution in [3.63, 3.8) is 0 Å². The molecule has 0 spiro atoms. The van der Waals surface area contributed by atoms with Crippen molar-refractivity contribution >= 4 is 33.2 Å². The van der Waals surface area contributed by atoms with Crippen LogP contribution in [0.15, 0.2) is 35.5 Å². The summed E-state index contributed by atoms with van der Waals surface area (Å²) in [7, 11) is -3.48. The molecule has 2 aromatic rings. The lowest BCUT2D eigenvalue weighted by molar-refractivity contribution is -0.118. The Morgan fingerprint density at radius 1 is 1.27 bits per heavy atom. The topological polar surface area (TPSA) is 139 Å². The van der Waals surface area contributed by atoms with Crippen molar-refractivity contribution in [2.45, 2.75) is 49.0 Å². The van der Waals surface area contributed by atoms with Crippen LogP contribution in [0.3, 0.4) is 0 Å². The molecule has 9 nitrogen and oxygen atoms in total. The molecule has 1 aromatic carbocycles. The van der Waals surface area contributed by atoms with E-state index in [9.17, 15) is 18.3 Å².